The minimum atomic E-state index is -0.192. The zero-order chi connectivity index (χ0) is 12.0. The standard InChI is InChI=1S/C13H29NO/c1-10(2)7-14(8-11(3)4)9-13(15)12(5)6/h10-13,15H,7-9H2,1-6H3. The van der Waals surface area contributed by atoms with E-state index in [0.29, 0.717) is 17.8 Å². The molecule has 0 aliphatic carbocycles. The Kier molecular flexibility index (Phi) is 7.20. The van der Waals surface area contributed by atoms with Crippen LogP contribution in [0.2, 0.25) is 0 Å². The summed E-state index contributed by atoms with van der Waals surface area (Å²) in [7, 11) is 0. The van der Waals surface area contributed by atoms with E-state index in [1.54, 1.807) is 0 Å². The molecule has 0 bridgehead atoms. The van der Waals surface area contributed by atoms with Crippen molar-refractivity contribution in [2.45, 2.75) is 47.6 Å². The van der Waals surface area contributed by atoms with E-state index in [2.05, 4.69) is 46.4 Å². The van der Waals surface area contributed by atoms with Crippen LogP contribution in [0, 0.1) is 17.8 Å². The molecular weight excluding hydrogens is 186 g/mol. The minimum absolute atomic E-state index is 0.192. The van der Waals surface area contributed by atoms with E-state index < -0.39 is 0 Å². The van der Waals surface area contributed by atoms with Gasteiger partial charge in [0.2, 0.25) is 0 Å². The van der Waals surface area contributed by atoms with Gasteiger partial charge < -0.3 is 10.0 Å². The Bertz CT molecular complexity index is 145. The fourth-order valence-electron chi connectivity index (χ4n) is 1.73. The summed E-state index contributed by atoms with van der Waals surface area (Å²) in [6, 6.07) is 0. The highest BCUT2D eigenvalue weighted by Gasteiger charge is 2.16. The molecule has 1 unspecified atom stereocenters. The summed E-state index contributed by atoms with van der Waals surface area (Å²) >= 11 is 0. The Morgan fingerprint density at radius 3 is 1.47 bits per heavy atom. The van der Waals surface area contributed by atoms with E-state index in [0.717, 1.165) is 19.6 Å². The van der Waals surface area contributed by atoms with E-state index in [-0.39, 0.29) is 6.10 Å². The van der Waals surface area contributed by atoms with Crippen molar-refractivity contribution in [1.82, 2.24) is 4.90 Å². The number of hydrogen-bond donors (Lipinski definition) is 1. The molecule has 2 nitrogen and oxygen atoms in total. The van der Waals surface area contributed by atoms with Crippen molar-refractivity contribution in [3.05, 3.63) is 0 Å². The van der Waals surface area contributed by atoms with Gasteiger partial charge in [0, 0.05) is 19.6 Å². The lowest BCUT2D eigenvalue weighted by molar-refractivity contribution is 0.0665. The molecule has 0 saturated carbocycles. The average Bonchev–Trinajstić information content (AvgIpc) is 2.00. The van der Waals surface area contributed by atoms with Crippen LogP contribution in [0.25, 0.3) is 0 Å². The van der Waals surface area contributed by atoms with Gasteiger partial charge in [0.25, 0.3) is 0 Å². The van der Waals surface area contributed by atoms with Crippen molar-refractivity contribution in [2.75, 3.05) is 19.6 Å². The molecule has 0 aromatic carbocycles. The average molecular weight is 215 g/mol. The summed E-state index contributed by atoms with van der Waals surface area (Å²) in [5.41, 5.74) is 0. The van der Waals surface area contributed by atoms with E-state index in [4.69, 9.17) is 0 Å². The first-order chi connectivity index (χ1) is 6.82. The SMILES string of the molecule is CC(C)CN(CC(C)C)CC(O)C(C)C. The van der Waals surface area contributed by atoms with Gasteiger partial charge in [-0.05, 0) is 17.8 Å². The van der Waals surface area contributed by atoms with E-state index >= 15 is 0 Å². The van der Waals surface area contributed by atoms with Crippen LogP contribution in [0.5, 0.6) is 0 Å². The Hall–Kier alpha value is -0.0800. The normalized spacial score (nSPS) is 14.6. The zero-order valence-corrected chi connectivity index (χ0v) is 11.3. The third-order valence-corrected chi connectivity index (χ3v) is 2.46. The number of hydrogen-bond acceptors (Lipinski definition) is 2. The first-order valence-electron chi connectivity index (χ1n) is 6.23. The van der Waals surface area contributed by atoms with Crippen molar-refractivity contribution in [1.29, 1.82) is 0 Å². The van der Waals surface area contributed by atoms with Crippen LogP contribution in [-0.2, 0) is 0 Å². The lowest BCUT2D eigenvalue weighted by Gasteiger charge is -2.29. The largest absolute Gasteiger partial charge is 0.392 e. The molecule has 0 spiro atoms. The number of aliphatic hydroxyl groups is 1. The van der Waals surface area contributed by atoms with Crippen molar-refractivity contribution in [3.63, 3.8) is 0 Å². The molecule has 0 aliphatic rings. The molecule has 0 radical (unpaired) electrons. The molecule has 0 fully saturated rings. The maximum Gasteiger partial charge on any atom is 0.0689 e. The summed E-state index contributed by atoms with van der Waals surface area (Å²) in [6.07, 6.45) is -0.192. The second kappa shape index (κ2) is 7.24. The van der Waals surface area contributed by atoms with Crippen LogP contribution in [0.3, 0.4) is 0 Å². The topological polar surface area (TPSA) is 23.5 Å². The predicted octanol–water partition coefficient (Wildman–Crippen LogP) is 2.62. The second-order valence-electron chi connectivity index (χ2n) is 5.82. The van der Waals surface area contributed by atoms with Crippen molar-refractivity contribution in [2.24, 2.45) is 17.8 Å². The van der Waals surface area contributed by atoms with Crippen LogP contribution < -0.4 is 0 Å². The van der Waals surface area contributed by atoms with Gasteiger partial charge >= 0.3 is 0 Å². The molecule has 1 N–H and O–H groups in total. The van der Waals surface area contributed by atoms with Crippen LogP contribution in [0.1, 0.15) is 41.5 Å². The van der Waals surface area contributed by atoms with Gasteiger partial charge in [-0.25, -0.2) is 0 Å². The number of rotatable bonds is 7. The molecule has 0 saturated heterocycles. The highest BCUT2D eigenvalue weighted by atomic mass is 16.3. The Morgan fingerprint density at radius 1 is 0.800 bits per heavy atom. The van der Waals surface area contributed by atoms with Gasteiger partial charge in [-0.3, -0.25) is 0 Å². The minimum Gasteiger partial charge on any atom is -0.392 e. The molecule has 0 aliphatic heterocycles. The Labute approximate surface area is 95.7 Å². The molecule has 15 heavy (non-hydrogen) atoms. The molecule has 0 amide bonds. The van der Waals surface area contributed by atoms with Crippen LogP contribution >= 0.6 is 0 Å². The molecule has 1 atom stereocenters. The highest BCUT2D eigenvalue weighted by Crippen LogP contribution is 2.08. The van der Waals surface area contributed by atoms with Crippen LogP contribution in [0.15, 0.2) is 0 Å². The summed E-state index contributed by atoms with van der Waals surface area (Å²) in [6.45, 7) is 16.1. The van der Waals surface area contributed by atoms with Gasteiger partial charge in [-0.15, -0.1) is 0 Å². The lowest BCUT2D eigenvalue weighted by atomic mass is 10.1. The molecule has 2 heteroatoms. The quantitative estimate of drug-likeness (QED) is 0.705. The molecular formula is C13H29NO. The van der Waals surface area contributed by atoms with Gasteiger partial charge in [0.15, 0.2) is 0 Å². The fraction of sp³-hybridized carbons (Fsp3) is 1.00. The van der Waals surface area contributed by atoms with Crippen molar-refractivity contribution in [3.8, 4) is 0 Å². The summed E-state index contributed by atoms with van der Waals surface area (Å²) < 4.78 is 0. The summed E-state index contributed by atoms with van der Waals surface area (Å²) in [4.78, 5) is 2.39. The zero-order valence-electron chi connectivity index (χ0n) is 11.3. The summed E-state index contributed by atoms with van der Waals surface area (Å²) in [5.74, 6) is 1.69. The smallest absolute Gasteiger partial charge is 0.0689 e. The van der Waals surface area contributed by atoms with Gasteiger partial charge in [0.1, 0.15) is 0 Å². The second-order valence-corrected chi connectivity index (χ2v) is 5.82. The monoisotopic (exact) mass is 215 g/mol. The summed E-state index contributed by atoms with van der Waals surface area (Å²) in [5, 5.41) is 9.88. The molecule has 0 rings (SSSR count). The van der Waals surface area contributed by atoms with Crippen LogP contribution in [0.4, 0.5) is 0 Å². The van der Waals surface area contributed by atoms with E-state index in [1.165, 1.54) is 0 Å². The third-order valence-electron chi connectivity index (χ3n) is 2.46. The highest BCUT2D eigenvalue weighted by molar-refractivity contribution is 4.69. The molecule has 0 aromatic rings. The van der Waals surface area contributed by atoms with Crippen molar-refractivity contribution >= 4 is 0 Å². The van der Waals surface area contributed by atoms with Crippen LogP contribution in [-0.4, -0.2) is 35.7 Å². The van der Waals surface area contributed by atoms with E-state index in [1.807, 2.05) is 0 Å². The van der Waals surface area contributed by atoms with Gasteiger partial charge in [0.05, 0.1) is 6.10 Å². The predicted molar refractivity (Wildman–Crippen MR) is 67.0 cm³/mol. The maximum absolute atomic E-state index is 9.88. The molecule has 0 aromatic heterocycles. The van der Waals surface area contributed by atoms with Gasteiger partial charge in [-0.2, -0.15) is 0 Å². The molecule has 0 heterocycles. The van der Waals surface area contributed by atoms with Crippen molar-refractivity contribution < 1.29 is 5.11 Å². The third kappa shape index (κ3) is 7.80. The Balaban J connectivity index is 4.11. The maximum atomic E-state index is 9.88. The first kappa shape index (κ1) is 14.9. The fourth-order valence-corrected chi connectivity index (χ4v) is 1.73. The lowest BCUT2D eigenvalue weighted by Crippen LogP contribution is -2.39. The Morgan fingerprint density at radius 2 is 1.20 bits per heavy atom. The first-order valence-corrected chi connectivity index (χ1v) is 6.23. The van der Waals surface area contributed by atoms with E-state index in [9.17, 15) is 5.11 Å². The number of nitrogens with zero attached hydrogens (tertiary/aromatic N) is 1. The molecule has 92 valence electrons. The number of aliphatic hydroxyl groups excluding tert-OH is 1. The van der Waals surface area contributed by atoms with Gasteiger partial charge in [-0.1, -0.05) is 41.5 Å².